The highest BCUT2D eigenvalue weighted by molar-refractivity contribution is 7.89. The Morgan fingerprint density at radius 3 is 2.37 bits per heavy atom. The number of aliphatic hydroxyl groups excluding tert-OH is 1. The number of aliphatic hydroxyl groups is 1. The first-order valence-electron chi connectivity index (χ1n) is 6.09. The molecule has 0 aliphatic heterocycles. The van der Waals surface area contributed by atoms with Crippen molar-refractivity contribution in [3.8, 4) is 0 Å². The molecule has 1 saturated carbocycles. The van der Waals surface area contributed by atoms with Crippen LogP contribution in [0.5, 0.6) is 0 Å². The fraction of sp³-hybridized carbons (Fsp3) is 0.462. The van der Waals surface area contributed by atoms with E-state index >= 15 is 0 Å². The molecule has 6 heteroatoms. The van der Waals surface area contributed by atoms with Crippen molar-refractivity contribution >= 4 is 15.7 Å². The molecule has 0 bridgehead atoms. The van der Waals surface area contributed by atoms with E-state index in [1.807, 2.05) is 0 Å². The monoisotopic (exact) mass is 283 g/mol. The van der Waals surface area contributed by atoms with Crippen LogP contribution in [0, 0.1) is 0 Å². The number of benzene rings is 1. The Kier molecular flexibility index (Phi) is 3.91. The summed E-state index contributed by atoms with van der Waals surface area (Å²) in [4.78, 5) is 11.8. The summed E-state index contributed by atoms with van der Waals surface area (Å²) >= 11 is 0. The van der Waals surface area contributed by atoms with Gasteiger partial charge in [0.15, 0.2) is 9.84 Å². The summed E-state index contributed by atoms with van der Waals surface area (Å²) in [5, 5.41) is 12.0. The summed E-state index contributed by atoms with van der Waals surface area (Å²) in [6, 6.07) is 6.56. The first-order chi connectivity index (χ1) is 8.83. The molecule has 104 valence electrons. The van der Waals surface area contributed by atoms with Crippen molar-refractivity contribution in [3.05, 3.63) is 35.4 Å². The summed E-state index contributed by atoms with van der Waals surface area (Å²) in [5.74, 6) is -0.216. The topological polar surface area (TPSA) is 83.5 Å². The highest BCUT2D eigenvalue weighted by atomic mass is 32.2. The highest BCUT2D eigenvalue weighted by Crippen LogP contribution is 2.19. The van der Waals surface area contributed by atoms with Crippen molar-refractivity contribution in [1.82, 2.24) is 5.32 Å². The maximum atomic E-state index is 11.8. The smallest absolute Gasteiger partial charge is 0.251 e. The predicted octanol–water partition coefficient (Wildman–Crippen LogP) is 0.484. The van der Waals surface area contributed by atoms with Gasteiger partial charge in [0, 0.05) is 17.9 Å². The zero-order valence-corrected chi connectivity index (χ0v) is 11.5. The van der Waals surface area contributed by atoms with Crippen molar-refractivity contribution in [1.29, 1.82) is 0 Å². The van der Waals surface area contributed by atoms with Crippen LogP contribution in [0.15, 0.2) is 24.3 Å². The van der Waals surface area contributed by atoms with Gasteiger partial charge >= 0.3 is 0 Å². The van der Waals surface area contributed by atoms with Crippen LogP contribution in [0.3, 0.4) is 0 Å². The highest BCUT2D eigenvalue weighted by Gasteiger charge is 2.28. The van der Waals surface area contributed by atoms with Crippen LogP contribution >= 0.6 is 0 Å². The second-order valence-electron chi connectivity index (χ2n) is 5.06. The molecule has 1 aromatic carbocycles. The number of sulfone groups is 1. The zero-order valence-electron chi connectivity index (χ0n) is 10.7. The van der Waals surface area contributed by atoms with E-state index in [0.717, 1.165) is 0 Å². The average Bonchev–Trinajstić information content (AvgIpc) is 2.25. The van der Waals surface area contributed by atoms with Crippen molar-refractivity contribution in [2.24, 2.45) is 0 Å². The number of hydrogen-bond donors (Lipinski definition) is 2. The Labute approximate surface area is 112 Å². The number of carbonyl (C=O) groups is 1. The fourth-order valence-electron chi connectivity index (χ4n) is 2.03. The third-order valence-electron chi connectivity index (χ3n) is 3.09. The van der Waals surface area contributed by atoms with Gasteiger partial charge in [-0.05, 0) is 30.5 Å². The first-order valence-corrected chi connectivity index (χ1v) is 8.15. The standard InChI is InChI=1S/C13H17NO4S/c1-19(17,18)8-9-2-4-10(5-3-9)13(16)14-11-6-12(15)7-11/h2-5,11-12,15H,6-8H2,1H3,(H,14,16). The molecule has 0 spiro atoms. The van der Waals surface area contributed by atoms with Gasteiger partial charge in [-0.1, -0.05) is 12.1 Å². The number of nitrogens with one attached hydrogen (secondary N) is 1. The maximum absolute atomic E-state index is 11.8. The molecule has 5 nitrogen and oxygen atoms in total. The van der Waals surface area contributed by atoms with Crippen LogP contribution in [0.1, 0.15) is 28.8 Å². The zero-order chi connectivity index (χ0) is 14.0. The lowest BCUT2D eigenvalue weighted by Crippen LogP contribution is -2.46. The minimum absolute atomic E-state index is 0.0241. The molecule has 1 aromatic rings. The van der Waals surface area contributed by atoms with Gasteiger partial charge in [0.1, 0.15) is 0 Å². The summed E-state index contributed by atoms with van der Waals surface area (Å²) in [7, 11) is -3.06. The largest absolute Gasteiger partial charge is 0.393 e. The second kappa shape index (κ2) is 5.30. The number of hydrogen-bond acceptors (Lipinski definition) is 4. The first kappa shape index (κ1) is 14.0. The number of carbonyl (C=O) groups excluding carboxylic acids is 1. The molecule has 19 heavy (non-hydrogen) atoms. The van der Waals surface area contributed by atoms with Gasteiger partial charge < -0.3 is 10.4 Å². The van der Waals surface area contributed by atoms with Crippen LogP contribution in [-0.2, 0) is 15.6 Å². The van der Waals surface area contributed by atoms with Gasteiger partial charge in [0.25, 0.3) is 5.91 Å². The van der Waals surface area contributed by atoms with Gasteiger partial charge in [0.2, 0.25) is 0 Å². The average molecular weight is 283 g/mol. The Morgan fingerprint density at radius 2 is 1.89 bits per heavy atom. The maximum Gasteiger partial charge on any atom is 0.251 e. The van der Waals surface area contributed by atoms with Gasteiger partial charge in [-0.25, -0.2) is 8.42 Å². The Hall–Kier alpha value is -1.40. The summed E-state index contributed by atoms with van der Waals surface area (Å²) < 4.78 is 22.3. The van der Waals surface area contributed by atoms with Crippen LogP contribution in [0.4, 0.5) is 0 Å². The van der Waals surface area contributed by atoms with E-state index in [9.17, 15) is 13.2 Å². The molecule has 1 aliphatic carbocycles. The molecule has 0 unspecified atom stereocenters. The fourth-order valence-corrected chi connectivity index (χ4v) is 2.83. The lowest BCUT2D eigenvalue weighted by molar-refractivity contribution is 0.0562. The lowest BCUT2D eigenvalue weighted by atomic mass is 9.89. The van der Waals surface area contributed by atoms with Gasteiger partial charge in [-0.2, -0.15) is 0 Å². The molecule has 0 atom stereocenters. The van der Waals surface area contributed by atoms with Crippen LogP contribution in [0.25, 0.3) is 0 Å². The quantitative estimate of drug-likeness (QED) is 0.842. The molecule has 0 aromatic heterocycles. The molecular formula is C13H17NO4S. The van der Waals surface area contributed by atoms with Crippen LogP contribution in [0.2, 0.25) is 0 Å². The third-order valence-corrected chi connectivity index (χ3v) is 3.95. The Balaban J connectivity index is 1.96. The summed E-state index contributed by atoms with van der Waals surface area (Å²) in [6.45, 7) is 0. The van der Waals surface area contributed by atoms with Gasteiger partial charge in [-0.15, -0.1) is 0 Å². The summed E-state index contributed by atoms with van der Waals surface area (Å²) in [5.41, 5.74) is 1.16. The van der Waals surface area contributed by atoms with Gasteiger partial charge in [-0.3, -0.25) is 4.79 Å². The van der Waals surface area contributed by atoms with E-state index < -0.39 is 9.84 Å². The third kappa shape index (κ3) is 4.04. The van der Waals surface area contributed by atoms with Crippen LogP contribution < -0.4 is 5.32 Å². The Bertz CT molecular complexity index is 559. The molecule has 0 saturated heterocycles. The van der Waals surface area contributed by atoms with Crippen molar-refractivity contribution in [2.75, 3.05) is 6.26 Å². The van der Waals surface area contributed by atoms with Crippen LogP contribution in [-0.4, -0.2) is 37.8 Å². The molecule has 2 rings (SSSR count). The van der Waals surface area contributed by atoms with E-state index in [1.165, 1.54) is 6.26 Å². The summed E-state index contributed by atoms with van der Waals surface area (Å²) in [6.07, 6.45) is 2.06. The minimum atomic E-state index is -3.06. The SMILES string of the molecule is CS(=O)(=O)Cc1ccc(C(=O)NC2CC(O)C2)cc1. The normalized spacial score (nSPS) is 22.6. The molecule has 0 heterocycles. The van der Waals surface area contributed by atoms with Gasteiger partial charge in [0.05, 0.1) is 11.9 Å². The molecule has 0 radical (unpaired) electrons. The lowest BCUT2D eigenvalue weighted by Gasteiger charge is -2.31. The Morgan fingerprint density at radius 1 is 1.32 bits per heavy atom. The van der Waals surface area contributed by atoms with Crippen molar-refractivity contribution in [3.63, 3.8) is 0 Å². The number of rotatable bonds is 4. The van der Waals surface area contributed by atoms with E-state index in [2.05, 4.69) is 5.32 Å². The second-order valence-corrected chi connectivity index (χ2v) is 7.20. The predicted molar refractivity (Wildman–Crippen MR) is 71.5 cm³/mol. The van der Waals surface area contributed by atoms with E-state index in [0.29, 0.717) is 24.0 Å². The molecule has 1 aliphatic rings. The molecule has 1 amide bonds. The van der Waals surface area contributed by atoms with E-state index in [1.54, 1.807) is 24.3 Å². The van der Waals surface area contributed by atoms with Crippen molar-refractivity contribution < 1.29 is 18.3 Å². The van der Waals surface area contributed by atoms with Crippen molar-refractivity contribution in [2.45, 2.75) is 30.7 Å². The molecular weight excluding hydrogens is 266 g/mol. The molecule has 1 fully saturated rings. The number of amides is 1. The van der Waals surface area contributed by atoms with E-state index in [-0.39, 0.29) is 23.8 Å². The molecule has 2 N–H and O–H groups in total. The minimum Gasteiger partial charge on any atom is -0.393 e. The van der Waals surface area contributed by atoms with E-state index in [4.69, 9.17) is 5.11 Å².